The van der Waals surface area contributed by atoms with Gasteiger partial charge in [-0.25, -0.2) is 4.39 Å². The molecule has 0 radical (unpaired) electrons. The third-order valence-corrected chi connectivity index (χ3v) is 5.69. The van der Waals surface area contributed by atoms with Gasteiger partial charge in [-0.15, -0.1) is 0 Å². The lowest BCUT2D eigenvalue weighted by atomic mass is 9.94. The normalized spacial score (nSPS) is 16.7. The minimum atomic E-state index is -0.385. The molecule has 31 heavy (non-hydrogen) atoms. The van der Waals surface area contributed by atoms with E-state index in [0.29, 0.717) is 35.7 Å². The topological polar surface area (TPSA) is 85.3 Å². The van der Waals surface area contributed by atoms with Crippen LogP contribution in [0.1, 0.15) is 24.4 Å². The highest BCUT2D eigenvalue weighted by Crippen LogP contribution is 2.25. The first-order valence-electron chi connectivity index (χ1n) is 10.4. The number of nitrogens with zero attached hydrogens (tertiary/aromatic N) is 4. The highest BCUT2D eigenvalue weighted by Gasteiger charge is 2.27. The van der Waals surface area contributed by atoms with Gasteiger partial charge in [0.05, 0.1) is 12.0 Å². The minimum Gasteiger partial charge on any atom is -0.356 e. The summed E-state index contributed by atoms with van der Waals surface area (Å²) in [5.41, 5.74) is 1.66. The van der Waals surface area contributed by atoms with Crippen molar-refractivity contribution in [3.63, 3.8) is 0 Å². The smallest absolute Gasteiger partial charge is 0.228 e. The SMILES string of the molecule is O=C(Cc1noc2ccccc12)N1CCC[C@H](Cc2nc(-c3ccccc3F)no2)C1. The van der Waals surface area contributed by atoms with Crippen molar-refractivity contribution in [2.75, 3.05) is 13.1 Å². The van der Waals surface area contributed by atoms with E-state index in [-0.39, 0.29) is 29.9 Å². The van der Waals surface area contributed by atoms with E-state index in [4.69, 9.17) is 9.05 Å². The maximum atomic E-state index is 14.0. The van der Waals surface area contributed by atoms with Crippen molar-refractivity contribution in [1.29, 1.82) is 0 Å². The molecule has 3 heterocycles. The zero-order chi connectivity index (χ0) is 21.2. The molecule has 2 aromatic heterocycles. The van der Waals surface area contributed by atoms with Crippen molar-refractivity contribution in [1.82, 2.24) is 20.2 Å². The highest BCUT2D eigenvalue weighted by molar-refractivity contribution is 5.86. The van der Waals surface area contributed by atoms with Crippen LogP contribution in [0.4, 0.5) is 4.39 Å². The van der Waals surface area contributed by atoms with Gasteiger partial charge in [0.25, 0.3) is 0 Å². The predicted octanol–water partition coefficient (Wildman–Crippen LogP) is 4.04. The summed E-state index contributed by atoms with van der Waals surface area (Å²) >= 11 is 0. The number of halogens is 1. The van der Waals surface area contributed by atoms with Crippen LogP contribution in [-0.4, -0.2) is 39.2 Å². The number of likely N-dealkylation sites (tertiary alicyclic amines) is 1. The Balaban J connectivity index is 1.23. The van der Waals surface area contributed by atoms with E-state index >= 15 is 0 Å². The number of carbonyl (C=O) groups excluding carboxylic acids is 1. The summed E-state index contributed by atoms with van der Waals surface area (Å²) in [6.45, 7) is 1.33. The quantitative estimate of drug-likeness (QED) is 0.484. The zero-order valence-corrected chi connectivity index (χ0v) is 16.8. The molecule has 1 amide bonds. The summed E-state index contributed by atoms with van der Waals surface area (Å²) in [5, 5.41) is 8.86. The third kappa shape index (κ3) is 4.05. The molecule has 1 aliphatic rings. The summed E-state index contributed by atoms with van der Waals surface area (Å²) in [5.74, 6) is 0.557. The predicted molar refractivity (Wildman–Crippen MR) is 110 cm³/mol. The molecular weight excluding hydrogens is 399 g/mol. The fourth-order valence-electron chi connectivity index (χ4n) is 4.12. The molecule has 5 rings (SSSR count). The molecule has 2 aromatic carbocycles. The van der Waals surface area contributed by atoms with Crippen LogP contribution < -0.4 is 0 Å². The summed E-state index contributed by atoms with van der Waals surface area (Å²) in [6, 6.07) is 13.9. The standard InChI is InChI=1S/C23H21FN4O3/c24-18-9-3-1-7-16(18)23-25-21(31-27-23)12-15-6-5-11-28(14-15)22(29)13-19-17-8-2-4-10-20(17)30-26-19/h1-4,7-10,15H,5-6,11-14H2/t15-/m1/s1. The number of hydrogen-bond donors (Lipinski definition) is 0. The van der Waals surface area contributed by atoms with Gasteiger partial charge in [-0.3, -0.25) is 4.79 Å². The Hall–Kier alpha value is -3.55. The maximum absolute atomic E-state index is 14.0. The summed E-state index contributed by atoms with van der Waals surface area (Å²) in [7, 11) is 0. The Morgan fingerprint density at radius 2 is 1.94 bits per heavy atom. The van der Waals surface area contributed by atoms with Gasteiger partial charge in [-0.1, -0.05) is 34.6 Å². The van der Waals surface area contributed by atoms with Crippen LogP contribution in [0.25, 0.3) is 22.4 Å². The summed E-state index contributed by atoms with van der Waals surface area (Å²) in [4.78, 5) is 19.1. The lowest BCUT2D eigenvalue weighted by Crippen LogP contribution is -2.41. The first kappa shape index (κ1) is 19.4. The molecule has 1 saturated heterocycles. The molecule has 1 aliphatic heterocycles. The minimum absolute atomic E-state index is 0.0290. The molecule has 7 nitrogen and oxygen atoms in total. The molecule has 0 aliphatic carbocycles. The molecular formula is C23H21FN4O3. The molecule has 0 unspecified atom stereocenters. The number of para-hydroxylation sites is 1. The van der Waals surface area contributed by atoms with E-state index in [9.17, 15) is 9.18 Å². The molecule has 0 spiro atoms. The fraction of sp³-hybridized carbons (Fsp3) is 0.304. The van der Waals surface area contributed by atoms with Gasteiger partial charge < -0.3 is 13.9 Å². The van der Waals surface area contributed by atoms with Crippen molar-refractivity contribution in [2.45, 2.75) is 25.7 Å². The molecule has 4 aromatic rings. The largest absolute Gasteiger partial charge is 0.356 e. The van der Waals surface area contributed by atoms with Crippen molar-refractivity contribution >= 4 is 16.9 Å². The number of carbonyl (C=O) groups is 1. The van der Waals surface area contributed by atoms with Crippen LogP contribution in [-0.2, 0) is 17.6 Å². The molecule has 0 bridgehead atoms. The van der Waals surface area contributed by atoms with Crippen LogP contribution in [0, 0.1) is 11.7 Å². The third-order valence-electron chi connectivity index (χ3n) is 5.69. The second-order valence-corrected chi connectivity index (χ2v) is 7.85. The van der Waals surface area contributed by atoms with Crippen molar-refractivity contribution in [3.8, 4) is 11.4 Å². The van der Waals surface area contributed by atoms with Gasteiger partial charge >= 0.3 is 0 Å². The van der Waals surface area contributed by atoms with Gasteiger partial charge in [0.2, 0.25) is 17.6 Å². The van der Waals surface area contributed by atoms with Crippen molar-refractivity contribution in [2.24, 2.45) is 5.92 Å². The fourth-order valence-corrected chi connectivity index (χ4v) is 4.12. The zero-order valence-electron chi connectivity index (χ0n) is 16.8. The molecule has 158 valence electrons. The van der Waals surface area contributed by atoms with E-state index in [1.165, 1.54) is 6.07 Å². The molecule has 8 heteroatoms. The number of hydrogen-bond acceptors (Lipinski definition) is 6. The van der Waals surface area contributed by atoms with E-state index < -0.39 is 0 Å². The van der Waals surface area contributed by atoms with Crippen LogP contribution in [0.2, 0.25) is 0 Å². The van der Waals surface area contributed by atoms with Crippen LogP contribution in [0.15, 0.2) is 57.6 Å². The van der Waals surface area contributed by atoms with Gasteiger partial charge in [-0.05, 0) is 43.0 Å². The Labute approximate surface area is 177 Å². The van der Waals surface area contributed by atoms with Crippen molar-refractivity contribution < 1.29 is 18.2 Å². The van der Waals surface area contributed by atoms with Crippen LogP contribution >= 0.6 is 0 Å². The number of benzene rings is 2. The van der Waals surface area contributed by atoms with E-state index in [0.717, 1.165) is 24.8 Å². The van der Waals surface area contributed by atoms with Crippen molar-refractivity contribution in [3.05, 3.63) is 65.9 Å². The first-order valence-corrected chi connectivity index (χ1v) is 10.4. The maximum Gasteiger partial charge on any atom is 0.228 e. The number of fused-ring (bicyclic) bond motifs is 1. The second kappa shape index (κ2) is 8.29. The lowest BCUT2D eigenvalue weighted by Gasteiger charge is -2.32. The Bertz CT molecular complexity index is 1220. The average molecular weight is 420 g/mol. The molecule has 1 atom stereocenters. The van der Waals surface area contributed by atoms with Gasteiger partial charge in [0.1, 0.15) is 11.5 Å². The Morgan fingerprint density at radius 1 is 1.10 bits per heavy atom. The van der Waals surface area contributed by atoms with E-state index in [1.54, 1.807) is 18.2 Å². The van der Waals surface area contributed by atoms with Gasteiger partial charge in [-0.2, -0.15) is 4.98 Å². The van der Waals surface area contributed by atoms with Gasteiger partial charge in [0, 0.05) is 24.9 Å². The lowest BCUT2D eigenvalue weighted by molar-refractivity contribution is -0.132. The second-order valence-electron chi connectivity index (χ2n) is 7.85. The van der Waals surface area contributed by atoms with Crippen LogP contribution in [0.3, 0.4) is 0 Å². The first-order chi connectivity index (χ1) is 15.2. The van der Waals surface area contributed by atoms with Gasteiger partial charge in [0.15, 0.2) is 5.58 Å². The van der Waals surface area contributed by atoms with E-state index in [2.05, 4.69) is 15.3 Å². The molecule has 0 saturated carbocycles. The number of amides is 1. The van der Waals surface area contributed by atoms with Crippen LogP contribution in [0.5, 0.6) is 0 Å². The summed E-state index contributed by atoms with van der Waals surface area (Å²) in [6.07, 6.45) is 2.64. The monoisotopic (exact) mass is 420 g/mol. The number of rotatable bonds is 5. The highest BCUT2D eigenvalue weighted by atomic mass is 19.1. The molecule has 1 fully saturated rings. The molecule has 0 N–H and O–H groups in total. The summed E-state index contributed by atoms with van der Waals surface area (Å²) < 4.78 is 24.6. The number of piperidine rings is 1. The Morgan fingerprint density at radius 3 is 2.84 bits per heavy atom. The number of aromatic nitrogens is 3. The van der Waals surface area contributed by atoms with E-state index in [1.807, 2.05) is 29.2 Å². The Kier molecular flexibility index (Phi) is 5.19. The average Bonchev–Trinajstić information content (AvgIpc) is 3.42.